The summed E-state index contributed by atoms with van der Waals surface area (Å²) in [6.45, 7) is 0. The number of nitrogens with zero attached hydrogens (tertiary/aromatic N) is 5. The van der Waals surface area contributed by atoms with Gasteiger partial charge >= 0.3 is 0 Å². The number of hydrogen-bond acceptors (Lipinski definition) is 5. The van der Waals surface area contributed by atoms with E-state index in [4.69, 9.17) is 24.9 Å². The Morgan fingerprint density at radius 2 is 0.383 bits per heavy atom. The Morgan fingerprint density at radius 1 is 0.167 bits per heavy atom. The highest BCUT2D eigenvalue weighted by atomic mass is 15.0. The quantitative estimate of drug-likeness (QED) is 0.146. The van der Waals surface area contributed by atoms with Gasteiger partial charge in [0.25, 0.3) is 0 Å². The maximum Gasteiger partial charge on any atom is 0.164 e. The van der Waals surface area contributed by atoms with Gasteiger partial charge in [0.15, 0.2) is 17.5 Å². The van der Waals surface area contributed by atoms with Crippen molar-refractivity contribution in [3.8, 4) is 101 Å². The summed E-state index contributed by atoms with van der Waals surface area (Å²) in [6.07, 6.45) is 0. The molecular weight excluding hydrogens is 731 g/mol. The molecule has 0 saturated carbocycles. The smallest absolute Gasteiger partial charge is 0.164 e. The van der Waals surface area contributed by atoms with Gasteiger partial charge in [0.05, 0.1) is 22.8 Å². The van der Waals surface area contributed by atoms with E-state index in [1.54, 1.807) is 0 Å². The molecule has 3 aromatic heterocycles. The molecule has 5 nitrogen and oxygen atoms in total. The molecule has 0 unspecified atom stereocenters. The molecule has 0 N–H and O–H groups in total. The lowest BCUT2D eigenvalue weighted by Gasteiger charge is -2.15. The minimum absolute atomic E-state index is 0.576. The fraction of sp³-hybridized carbons (Fsp3) is 0. The van der Waals surface area contributed by atoms with Crippen LogP contribution >= 0.6 is 0 Å². The van der Waals surface area contributed by atoms with Crippen LogP contribution in [0.4, 0.5) is 0 Å². The lowest BCUT2D eigenvalue weighted by Crippen LogP contribution is -2.01. The predicted octanol–water partition coefficient (Wildman–Crippen LogP) is 13.7. The first kappa shape index (κ1) is 36.2. The van der Waals surface area contributed by atoms with Crippen LogP contribution in [0.25, 0.3) is 101 Å². The molecule has 7 aromatic carbocycles. The largest absolute Gasteiger partial charge is 0.248 e. The summed E-state index contributed by atoms with van der Waals surface area (Å²) >= 11 is 0. The van der Waals surface area contributed by atoms with Crippen molar-refractivity contribution in [2.45, 2.75) is 0 Å². The summed E-state index contributed by atoms with van der Waals surface area (Å²) in [7, 11) is 0. The van der Waals surface area contributed by atoms with Crippen LogP contribution in [0, 0.1) is 0 Å². The molecule has 3 heterocycles. The van der Waals surface area contributed by atoms with E-state index in [1.807, 2.05) is 84.9 Å². The maximum atomic E-state index is 5.20. The van der Waals surface area contributed by atoms with Crippen molar-refractivity contribution in [1.29, 1.82) is 0 Å². The summed E-state index contributed by atoms with van der Waals surface area (Å²) in [5.41, 5.74) is 14.4. The minimum Gasteiger partial charge on any atom is -0.248 e. The standard InChI is InChI=1S/C55H37N5/c1-7-19-38(20-8-1)49-34-46(35-50(56-49)39-21-9-2-10-22-39)44-31-45(47-36-51(40-23-11-3-12-24-40)57-52(37-47)41-25-13-4-14-26-41)33-48(32-44)55-59-53(42-27-15-5-16-28-42)58-54(60-55)43-29-17-6-18-30-43/h1-37H. The molecule has 60 heavy (non-hydrogen) atoms. The van der Waals surface area contributed by atoms with Gasteiger partial charge in [0.1, 0.15) is 0 Å². The van der Waals surface area contributed by atoms with Gasteiger partial charge in [0, 0.05) is 38.9 Å². The topological polar surface area (TPSA) is 64.5 Å². The highest BCUT2D eigenvalue weighted by Crippen LogP contribution is 2.38. The first-order valence-corrected chi connectivity index (χ1v) is 20.0. The average Bonchev–Trinajstić information content (AvgIpc) is 3.35. The second-order valence-corrected chi connectivity index (χ2v) is 14.6. The van der Waals surface area contributed by atoms with Crippen molar-refractivity contribution in [3.63, 3.8) is 0 Å². The van der Waals surface area contributed by atoms with Gasteiger partial charge < -0.3 is 0 Å². The first-order valence-electron chi connectivity index (χ1n) is 20.0. The van der Waals surface area contributed by atoms with Gasteiger partial charge in [0.2, 0.25) is 0 Å². The SMILES string of the molecule is c1ccc(-c2cc(-c3cc(-c4cc(-c5ccccc5)nc(-c5ccccc5)c4)cc(-c4nc(-c5ccccc5)nc(-c5ccccc5)n4)c3)cc(-c3ccccc3)n2)cc1. The van der Waals surface area contributed by atoms with E-state index in [2.05, 4.69) is 140 Å². The molecule has 282 valence electrons. The summed E-state index contributed by atoms with van der Waals surface area (Å²) in [5.74, 6) is 1.79. The maximum absolute atomic E-state index is 5.20. The van der Waals surface area contributed by atoms with Gasteiger partial charge in [-0.2, -0.15) is 0 Å². The number of pyridine rings is 2. The normalized spacial score (nSPS) is 11.0. The van der Waals surface area contributed by atoms with Gasteiger partial charge in [-0.1, -0.05) is 182 Å². The zero-order valence-corrected chi connectivity index (χ0v) is 32.6. The number of hydrogen-bond donors (Lipinski definition) is 0. The van der Waals surface area contributed by atoms with E-state index in [0.717, 1.165) is 84.0 Å². The first-order chi connectivity index (χ1) is 29.7. The van der Waals surface area contributed by atoms with Gasteiger partial charge in [-0.3, -0.25) is 0 Å². The molecule has 0 aliphatic heterocycles. The van der Waals surface area contributed by atoms with Crippen molar-refractivity contribution in [2.24, 2.45) is 0 Å². The Balaban J connectivity index is 1.24. The van der Waals surface area contributed by atoms with E-state index < -0.39 is 0 Å². The number of rotatable bonds is 9. The van der Waals surface area contributed by atoms with Crippen LogP contribution in [-0.4, -0.2) is 24.9 Å². The molecule has 0 radical (unpaired) electrons. The third-order valence-corrected chi connectivity index (χ3v) is 10.5. The fourth-order valence-electron chi connectivity index (χ4n) is 7.45. The Kier molecular flexibility index (Phi) is 9.88. The van der Waals surface area contributed by atoms with Crippen LogP contribution in [-0.2, 0) is 0 Å². The zero-order valence-electron chi connectivity index (χ0n) is 32.6. The van der Waals surface area contributed by atoms with Crippen molar-refractivity contribution >= 4 is 0 Å². The Labute approximate surface area is 349 Å². The third-order valence-electron chi connectivity index (χ3n) is 10.5. The van der Waals surface area contributed by atoms with E-state index in [1.165, 1.54) is 0 Å². The van der Waals surface area contributed by atoms with Crippen LogP contribution in [0.5, 0.6) is 0 Å². The molecule has 0 atom stereocenters. The number of aromatic nitrogens is 5. The Morgan fingerprint density at radius 3 is 0.667 bits per heavy atom. The van der Waals surface area contributed by atoms with E-state index in [9.17, 15) is 0 Å². The molecule has 0 fully saturated rings. The Hall–Kier alpha value is -8.15. The highest BCUT2D eigenvalue weighted by molar-refractivity contribution is 5.85. The van der Waals surface area contributed by atoms with E-state index in [0.29, 0.717) is 17.5 Å². The second-order valence-electron chi connectivity index (χ2n) is 14.6. The predicted molar refractivity (Wildman–Crippen MR) is 244 cm³/mol. The molecule has 10 aromatic rings. The van der Waals surface area contributed by atoms with Crippen LogP contribution in [0.2, 0.25) is 0 Å². The summed E-state index contributed by atoms with van der Waals surface area (Å²) in [5, 5.41) is 0. The monoisotopic (exact) mass is 767 g/mol. The molecule has 0 spiro atoms. The molecule has 0 aliphatic carbocycles. The lowest BCUT2D eigenvalue weighted by atomic mass is 9.93. The highest BCUT2D eigenvalue weighted by Gasteiger charge is 2.18. The Bertz CT molecular complexity index is 2530. The van der Waals surface area contributed by atoms with Gasteiger partial charge in [-0.05, 0) is 64.7 Å². The summed E-state index contributed by atoms with van der Waals surface area (Å²) in [4.78, 5) is 25.8. The summed E-state index contributed by atoms with van der Waals surface area (Å²) in [6, 6.07) is 77.0. The minimum atomic E-state index is 0.576. The molecule has 0 aliphatic rings. The van der Waals surface area contributed by atoms with Gasteiger partial charge in [-0.15, -0.1) is 0 Å². The third kappa shape index (κ3) is 7.76. The molecule has 0 amide bonds. The van der Waals surface area contributed by atoms with Gasteiger partial charge in [-0.25, -0.2) is 24.9 Å². The van der Waals surface area contributed by atoms with Crippen LogP contribution in [0.15, 0.2) is 224 Å². The van der Waals surface area contributed by atoms with Crippen LogP contribution in [0.1, 0.15) is 0 Å². The fourth-order valence-corrected chi connectivity index (χ4v) is 7.45. The van der Waals surface area contributed by atoms with Crippen LogP contribution < -0.4 is 0 Å². The molecule has 0 saturated heterocycles. The molecule has 0 bridgehead atoms. The molecule has 10 rings (SSSR count). The molecule has 5 heteroatoms. The van der Waals surface area contributed by atoms with E-state index in [-0.39, 0.29) is 0 Å². The van der Waals surface area contributed by atoms with Crippen molar-refractivity contribution in [3.05, 3.63) is 224 Å². The van der Waals surface area contributed by atoms with Crippen molar-refractivity contribution in [2.75, 3.05) is 0 Å². The number of benzene rings is 7. The van der Waals surface area contributed by atoms with Crippen molar-refractivity contribution in [1.82, 2.24) is 24.9 Å². The van der Waals surface area contributed by atoms with Crippen LogP contribution in [0.3, 0.4) is 0 Å². The summed E-state index contributed by atoms with van der Waals surface area (Å²) < 4.78 is 0. The zero-order chi connectivity index (χ0) is 40.1. The second kappa shape index (κ2) is 16.4. The average molecular weight is 768 g/mol. The lowest BCUT2D eigenvalue weighted by molar-refractivity contribution is 1.07. The van der Waals surface area contributed by atoms with Crippen molar-refractivity contribution < 1.29 is 0 Å². The molecular formula is C55H37N5. The van der Waals surface area contributed by atoms with E-state index >= 15 is 0 Å².